The molecule has 0 atom stereocenters. The van der Waals surface area contributed by atoms with E-state index >= 15 is 0 Å². The molecule has 11 aromatic rings. The van der Waals surface area contributed by atoms with Crippen LogP contribution in [0.4, 0.5) is 17.1 Å². The highest BCUT2D eigenvalue weighted by molar-refractivity contribution is 7.19. The van der Waals surface area contributed by atoms with Crippen LogP contribution in [0.1, 0.15) is 0 Å². The molecule has 0 unspecified atom stereocenters. The molecule has 11 rings (SSSR count). The Balaban J connectivity index is 0.937. The van der Waals surface area contributed by atoms with E-state index in [0.717, 1.165) is 17.1 Å². The summed E-state index contributed by atoms with van der Waals surface area (Å²) < 4.78 is 0. The first-order valence-corrected chi connectivity index (χ1v) is 24.7. The first kappa shape index (κ1) is 40.5. The summed E-state index contributed by atoms with van der Waals surface area (Å²) in [6, 6.07) is 104. The van der Waals surface area contributed by atoms with E-state index in [1.165, 1.54) is 76.0 Å². The zero-order valence-corrected chi connectivity index (χ0v) is 37.6. The van der Waals surface area contributed by atoms with Crippen molar-refractivity contribution < 1.29 is 0 Å². The van der Waals surface area contributed by atoms with Crippen LogP contribution < -0.4 is 25.6 Å². The summed E-state index contributed by atoms with van der Waals surface area (Å²) in [4.78, 5) is 2.35. The van der Waals surface area contributed by atoms with Gasteiger partial charge in [-0.15, -0.1) is 0 Å². The third-order valence-electron chi connectivity index (χ3n) is 13.0. The molecule has 0 aliphatic carbocycles. The van der Waals surface area contributed by atoms with Gasteiger partial charge in [-0.25, -0.2) is 0 Å². The largest absolute Gasteiger partial charge is 0.311 e. The Bertz CT molecular complexity index is 3270. The Hall–Kier alpha value is -8.30. The van der Waals surface area contributed by atoms with Gasteiger partial charge in [0, 0.05) is 17.1 Å². The fourth-order valence-electron chi connectivity index (χ4n) is 9.93. The minimum atomic E-state index is -2.67. The van der Waals surface area contributed by atoms with Gasteiger partial charge in [-0.3, -0.25) is 0 Å². The molecule has 0 aromatic heterocycles. The highest BCUT2D eigenvalue weighted by atomic mass is 28.3. The Morgan fingerprint density at radius 2 is 0.591 bits per heavy atom. The summed E-state index contributed by atoms with van der Waals surface area (Å²) in [6.07, 6.45) is 0. The van der Waals surface area contributed by atoms with Crippen LogP contribution >= 0.6 is 0 Å². The van der Waals surface area contributed by atoms with Crippen LogP contribution in [0.25, 0.3) is 55.3 Å². The molecule has 0 spiro atoms. The normalized spacial score (nSPS) is 11.3. The average molecular weight is 858 g/mol. The number of rotatable bonds is 11. The zero-order chi connectivity index (χ0) is 44.1. The fourth-order valence-corrected chi connectivity index (χ4v) is 14.7. The van der Waals surface area contributed by atoms with Crippen molar-refractivity contribution in [3.8, 4) is 44.5 Å². The topological polar surface area (TPSA) is 3.24 Å². The molecule has 0 amide bonds. The smallest absolute Gasteiger partial charge is 0.179 e. The molecule has 312 valence electrons. The molecule has 11 aromatic carbocycles. The van der Waals surface area contributed by atoms with E-state index in [2.05, 4.69) is 290 Å². The van der Waals surface area contributed by atoms with E-state index in [1.807, 2.05) is 0 Å². The van der Waals surface area contributed by atoms with Crippen molar-refractivity contribution in [1.29, 1.82) is 0 Å². The minimum Gasteiger partial charge on any atom is -0.311 e. The standard InChI is InChI=1S/C64H47NSi/c1-6-20-50(21-7-1)62-36-18-22-51-23-19-37-63(64(51)62)54-26-16-24-52(46-54)48-38-42-56(43-39-48)65(55-27-8-2-9-28-55)57-44-40-49(41-45-57)53-25-17-35-61(47-53)66(58-29-10-3-11-30-58,59-31-12-4-13-32-59)60-33-14-5-15-34-60/h1-47H. The van der Waals surface area contributed by atoms with Gasteiger partial charge in [0.15, 0.2) is 8.07 Å². The summed E-state index contributed by atoms with van der Waals surface area (Å²) in [7, 11) is -2.67. The van der Waals surface area contributed by atoms with Gasteiger partial charge in [-0.1, -0.05) is 243 Å². The van der Waals surface area contributed by atoms with Crippen molar-refractivity contribution in [2.45, 2.75) is 0 Å². The van der Waals surface area contributed by atoms with E-state index in [-0.39, 0.29) is 0 Å². The third kappa shape index (κ3) is 7.64. The Morgan fingerprint density at radius 3 is 1.11 bits per heavy atom. The van der Waals surface area contributed by atoms with Crippen LogP contribution in [0.15, 0.2) is 285 Å². The lowest BCUT2D eigenvalue weighted by atomic mass is 9.90. The van der Waals surface area contributed by atoms with Crippen molar-refractivity contribution in [1.82, 2.24) is 0 Å². The molecule has 0 radical (unpaired) electrons. The molecule has 0 saturated heterocycles. The average Bonchev–Trinajstić information content (AvgIpc) is 3.41. The predicted molar refractivity (Wildman–Crippen MR) is 284 cm³/mol. The summed E-state index contributed by atoms with van der Waals surface area (Å²) in [5.74, 6) is 0. The molecule has 0 N–H and O–H groups in total. The summed E-state index contributed by atoms with van der Waals surface area (Å²) in [5, 5.41) is 7.98. The molecule has 0 saturated carbocycles. The Kier molecular flexibility index (Phi) is 11.1. The van der Waals surface area contributed by atoms with Crippen LogP contribution in [-0.4, -0.2) is 8.07 Å². The molecular formula is C64H47NSi. The Labute approximate surface area is 389 Å². The quantitative estimate of drug-likeness (QED) is 0.0925. The maximum atomic E-state index is 2.44. The second kappa shape index (κ2) is 18.1. The zero-order valence-electron chi connectivity index (χ0n) is 36.6. The van der Waals surface area contributed by atoms with E-state index < -0.39 is 8.07 Å². The third-order valence-corrected chi connectivity index (χ3v) is 17.8. The number of nitrogens with zero attached hydrogens (tertiary/aromatic N) is 1. The van der Waals surface area contributed by atoms with E-state index in [4.69, 9.17) is 0 Å². The van der Waals surface area contributed by atoms with Crippen LogP contribution in [-0.2, 0) is 0 Å². The SMILES string of the molecule is c1ccc(-c2cccc3cccc(-c4cccc(-c5ccc(N(c6ccccc6)c6ccc(-c7cccc([Si](c8ccccc8)(c8ccccc8)c8ccccc8)c7)cc6)cc5)c4)c23)cc1. The van der Waals surface area contributed by atoms with Gasteiger partial charge >= 0.3 is 0 Å². The molecule has 1 nitrogen and oxygen atoms in total. The van der Waals surface area contributed by atoms with Crippen molar-refractivity contribution in [2.75, 3.05) is 4.90 Å². The van der Waals surface area contributed by atoms with Crippen molar-refractivity contribution >= 4 is 56.7 Å². The van der Waals surface area contributed by atoms with Gasteiger partial charge in [-0.05, 0) is 118 Å². The molecule has 0 bridgehead atoms. The van der Waals surface area contributed by atoms with Gasteiger partial charge in [0.25, 0.3) is 0 Å². The summed E-state index contributed by atoms with van der Waals surface area (Å²) in [5.41, 5.74) is 13.0. The number of hydrogen-bond donors (Lipinski definition) is 0. The van der Waals surface area contributed by atoms with Crippen LogP contribution in [0.2, 0.25) is 0 Å². The van der Waals surface area contributed by atoms with E-state index in [9.17, 15) is 0 Å². The minimum absolute atomic E-state index is 1.10. The van der Waals surface area contributed by atoms with Gasteiger partial charge < -0.3 is 4.90 Å². The van der Waals surface area contributed by atoms with Crippen LogP contribution in [0, 0.1) is 0 Å². The van der Waals surface area contributed by atoms with Gasteiger partial charge in [-0.2, -0.15) is 0 Å². The van der Waals surface area contributed by atoms with Crippen LogP contribution in [0.5, 0.6) is 0 Å². The van der Waals surface area contributed by atoms with E-state index in [1.54, 1.807) is 0 Å². The number of benzene rings is 11. The second-order valence-corrected chi connectivity index (χ2v) is 20.7. The number of hydrogen-bond acceptors (Lipinski definition) is 1. The molecule has 2 heteroatoms. The molecule has 0 heterocycles. The summed E-state index contributed by atoms with van der Waals surface area (Å²) in [6.45, 7) is 0. The molecule has 0 aliphatic rings. The molecular weight excluding hydrogens is 811 g/mol. The maximum absolute atomic E-state index is 2.67. The van der Waals surface area contributed by atoms with Crippen molar-refractivity contribution in [3.05, 3.63) is 285 Å². The van der Waals surface area contributed by atoms with Gasteiger partial charge in [0.1, 0.15) is 0 Å². The lowest BCUT2D eigenvalue weighted by Crippen LogP contribution is -2.74. The van der Waals surface area contributed by atoms with Gasteiger partial charge in [0.2, 0.25) is 0 Å². The highest BCUT2D eigenvalue weighted by Gasteiger charge is 2.41. The van der Waals surface area contributed by atoms with Crippen molar-refractivity contribution in [3.63, 3.8) is 0 Å². The summed E-state index contributed by atoms with van der Waals surface area (Å²) >= 11 is 0. The van der Waals surface area contributed by atoms with Crippen LogP contribution in [0.3, 0.4) is 0 Å². The predicted octanol–water partition coefficient (Wildman–Crippen LogP) is 14.4. The first-order chi connectivity index (χ1) is 32.7. The van der Waals surface area contributed by atoms with Gasteiger partial charge in [0.05, 0.1) is 0 Å². The Morgan fingerprint density at radius 1 is 0.227 bits per heavy atom. The van der Waals surface area contributed by atoms with E-state index in [0.29, 0.717) is 0 Å². The van der Waals surface area contributed by atoms with Crippen molar-refractivity contribution in [2.24, 2.45) is 0 Å². The monoisotopic (exact) mass is 857 g/mol. The molecule has 0 fully saturated rings. The lowest BCUT2D eigenvalue weighted by Gasteiger charge is -2.34. The molecule has 66 heavy (non-hydrogen) atoms. The number of fused-ring (bicyclic) bond motifs is 1. The molecule has 0 aliphatic heterocycles. The number of anilines is 3. The lowest BCUT2D eigenvalue weighted by molar-refractivity contribution is 1.28. The first-order valence-electron chi connectivity index (χ1n) is 22.7. The second-order valence-electron chi connectivity index (χ2n) is 16.8. The fraction of sp³-hybridized carbons (Fsp3) is 0. The maximum Gasteiger partial charge on any atom is 0.179 e. The highest BCUT2D eigenvalue weighted by Crippen LogP contribution is 2.39. The number of para-hydroxylation sites is 1.